The van der Waals surface area contributed by atoms with E-state index in [1.807, 2.05) is 9.97 Å². The molecule has 0 aromatic heterocycles. The maximum absolute atomic E-state index is 4.24. The van der Waals surface area contributed by atoms with Gasteiger partial charge in [-0.25, -0.2) is 0 Å². The third-order valence-electron chi connectivity index (χ3n) is 1.81. The number of rotatable bonds is 0. The lowest BCUT2D eigenvalue weighted by atomic mass is 10.4. The first-order valence-electron chi connectivity index (χ1n) is 3.67. The monoisotopic (exact) mass is 323 g/mol. The van der Waals surface area contributed by atoms with Gasteiger partial charge in [-0.05, 0) is 0 Å². The summed E-state index contributed by atoms with van der Waals surface area (Å²) in [5, 5.41) is 5.28. The van der Waals surface area contributed by atoms with Gasteiger partial charge in [-0.2, -0.15) is 0 Å². The standard InChI is InChI=1S/C7H7Br2N3S/c8-1-5-3-12-6(2-9)4-13-7(12)11-10-5/h1-2,10H,3-4H2. The van der Waals surface area contributed by atoms with Crippen LogP contribution in [0.5, 0.6) is 0 Å². The van der Waals surface area contributed by atoms with E-state index in [1.54, 1.807) is 11.8 Å². The Labute approximate surface area is 97.6 Å². The van der Waals surface area contributed by atoms with Crippen LogP contribution in [0.2, 0.25) is 0 Å². The van der Waals surface area contributed by atoms with Gasteiger partial charge >= 0.3 is 0 Å². The molecule has 0 saturated carbocycles. The third-order valence-corrected chi connectivity index (χ3v) is 3.90. The molecule has 2 aliphatic heterocycles. The summed E-state index contributed by atoms with van der Waals surface area (Å²) in [5.74, 6) is 0.987. The zero-order chi connectivity index (χ0) is 9.26. The summed E-state index contributed by atoms with van der Waals surface area (Å²) in [6, 6.07) is 0. The summed E-state index contributed by atoms with van der Waals surface area (Å²) in [7, 11) is 0. The Morgan fingerprint density at radius 2 is 2.31 bits per heavy atom. The van der Waals surface area contributed by atoms with Crippen molar-refractivity contribution in [1.29, 1.82) is 0 Å². The fourth-order valence-electron chi connectivity index (χ4n) is 1.15. The lowest BCUT2D eigenvalue weighted by Crippen LogP contribution is -2.34. The first kappa shape index (κ1) is 9.61. The molecule has 2 aliphatic rings. The average Bonchev–Trinajstić information content (AvgIpc) is 2.59. The highest BCUT2D eigenvalue weighted by Crippen LogP contribution is 2.30. The fourth-order valence-corrected chi connectivity index (χ4v) is 2.99. The topological polar surface area (TPSA) is 27.6 Å². The molecule has 1 saturated heterocycles. The Hall–Kier alpha value is 0.0600. The molecule has 0 amide bonds. The van der Waals surface area contributed by atoms with Gasteiger partial charge in [0.1, 0.15) is 0 Å². The molecule has 0 bridgehead atoms. The van der Waals surface area contributed by atoms with Crippen molar-refractivity contribution in [3.8, 4) is 0 Å². The molecule has 0 aromatic rings. The molecule has 1 N–H and O–H groups in total. The van der Waals surface area contributed by atoms with Gasteiger partial charge in [0.25, 0.3) is 0 Å². The summed E-state index contributed by atoms with van der Waals surface area (Å²) in [6.45, 7) is 0.856. The van der Waals surface area contributed by atoms with Crippen LogP contribution < -0.4 is 5.43 Å². The van der Waals surface area contributed by atoms with E-state index in [1.165, 1.54) is 5.70 Å². The average molecular weight is 325 g/mol. The van der Waals surface area contributed by atoms with Crippen LogP contribution in [0.4, 0.5) is 0 Å². The van der Waals surface area contributed by atoms with E-state index in [0.29, 0.717) is 0 Å². The zero-order valence-corrected chi connectivity index (χ0v) is 10.6. The van der Waals surface area contributed by atoms with Gasteiger partial charge in [0.15, 0.2) is 5.17 Å². The summed E-state index contributed by atoms with van der Waals surface area (Å²) < 4.78 is 0. The number of halogens is 2. The van der Waals surface area contributed by atoms with E-state index < -0.39 is 0 Å². The largest absolute Gasteiger partial charge is 0.316 e. The van der Waals surface area contributed by atoms with Crippen LogP contribution in [0, 0.1) is 0 Å². The molecule has 0 aromatic carbocycles. The zero-order valence-electron chi connectivity index (χ0n) is 6.63. The van der Waals surface area contributed by atoms with Crippen LogP contribution in [0.25, 0.3) is 0 Å². The smallest absolute Gasteiger partial charge is 0.188 e. The van der Waals surface area contributed by atoms with Gasteiger partial charge in [-0.1, -0.05) is 43.6 Å². The Morgan fingerprint density at radius 1 is 1.46 bits per heavy atom. The minimum atomic E-state index is 0.856. The maximum Gasteiger partial charge on any atom is 0.188 e. The lowest BCUT2D eigenvalue weighted by molar-refractivity contribution is 0.528. The Kier molecular flexibility index (Phi) is 3.00. The first-order chi connectivity index (χ1) is 6.35. The summed E-state index contributed by atoms with van der Waals surface area (Å²) in [5.41, 5.74) is 5.31. The normalized spacial score (nSPS) is 27.5. The van der Waals surface area contributed by atoms with Gasteiger partial charge in [-0.15, -0.1) is 5.10 Å². The van der Waals surface area contributed by atoms with Crippen molar-refractivity contribution in [1.82, 2.24) is 10.3 Å². The number of hydrazone groups is 1. The van der Waals surface area contributed by atoms with Crippen molar-refractivity contribution in [2.75, 3.05) is 12.3 Å². The van der Waals surface area contributed by atoms with Crippen molar-refractivity contribution in [2.24, 2.45) is 5.10 Å². The van der Waals surface area contributed by atoms with E-state index in [9.17, 15) is 0 Å². The van der Waals surface area contributed by atoms with Crippen molar-refractivity contribution in [3.05, 3.63) is 21.4 Å². The number of fused-ring (bicyclic) bond motifs is 1. The summed E-state index contributed by atoms with van der Waals surface area (Å²) in [4.78, 5) is 6.00. The van der Waals surface area contributed by atoms with Crippen LogP contribution in [0.1, 0.15) is 0 Å². The van der Waals surface area contributed by atoms with Gasteiger partial charge in [-0.3, -0.25) is 5.43 Å². The van der Waals surface area contributed by atoms with Crippen LogP contribution >= 0.6 is 43.6 Å². The number of nitrogens with one attached hydrogen (secondary N) is 1. The molecular weight excluding hydrogens is 318 g/mol. The lowest BCUT2D eigenvalue weighted by Gasteiger charge is -2.24. The van der Waals surface area contributed by atoms with E-state index >= 15 is 0 Å². The third kappa shape index (κ3) is 1.80. The number of thioether (sulfide) groups is 1. The van der Waals surface area contributed by atoms with Gasteiger partial charge in [0, 0.05) is 21.4 Å². The molecule has 0 spiro atoms. The molecule has 1 fully saturated rings. The Morgan fingerprint density at radius 3 is 3.00 bits per heavy atom. The predicted octanol–water partition coefficient (Wildman–Crippen LogP) is 2.38. The summed E-state index contributed by atoms with van der Waals surface area (Å²) in [6.07, 6.45) is 0. The summed E-state index contributed by atoms with van der Waals surface area (Å²) >= 11 is 8.39. The molecular formula is C7H7Br2N3S. The molecule has 0 atom stereocenters. The molecule has 0 unspecified atom stereocenters. The second kappa shape index (κ2) is 4.06. The van der Waals surface area contributed by atoms with Gasteiger partial charge in [0.2, 0.25) is 0 Å². The second-order valence-electron chi connectivity index (χ2n) is 2.62. The molecule has 2 rings (SSSR count). The van der Waals surface area contributed by atoms with Gasteiger partial charge < -0.3 is 4.90 Å². The van der Waals surface area contributed by atoms with Crippen molar-refractivity contribution in [2.45, 2.75) is 0 Å². The van der Waals surface area contributed by atoms with Crippen molar-refractivity contribution >= 4 is 48.8 Å². The van der Waals surface area contributed by atoms with E-state index in [2.05, 4.69) is 47.3 Å². The first-order valence-corrected chi connectivity index (χ1v) is 6.49. The molecule has 0 radical (unpaired) electrons. The van der Waals surface area contributed by atoms with E-state index in [0.717, 1.165) is 23.2 Å². The van der Waals surface area contributed by atoms with Crippen LogP contribution in [-0.2, 0) is 0 Å². The number of nitrogens with zero attached hydrogens (tertiary/aromatic N) is 2. The van der Waals surface area contributed by atoms with Crippen LogP contribution in [0.15, 0.2) is 26.5 Å². The van der Waals surface area contributed by atoms with Crippen molar-refractivity contribution < 1.29 is 0 Å². The number of hydrogen-bond donors (Lipinski definition) is 1. The second-order valence-corrected chi connectivity index (χ2v) is 4.47. The molecule has 70 valence electrons. The Bertz CT molecular complexity index is 311. The van der Waals surface area contributed by atoms with E-state index in [4.69, 9.17) is 0 Å². The quantitative estimate of drug-likeness (QED) is 0.741. The molecule has 13 heavy (non-hydrogen) atoms. The van der Waals surface area contributed by atoms with Crippen molar-refractivity contribution in [3.63, 3.8) is 0 Å². The van der Waals surface area contributed by atoms with Gasteiger partial charge in [0.05, 0.1) is 12.2 Å². The SMILES string of the molecule is BrC=C1CN2C(=CBr)CSC2=NN1. The molecule has 3 nitrogen and oxygen atoms in total. The van der Waals surface area contributed by atoms with Crippen LogP contribution in [-0.4, -0.2) is 22.4 Å². The molecule has 0 aliphatic carbocycles. The van der Waals surface area contributed by atoms with Crippen LogP contribution in [0.3, 0.4) is 0 Å². The highest BCUT2D eigenvalue weighted by molar-refractivity contribution is 9.11. The predicted molar refractivity (Wildman–Crippen MR) is 63.8 cm³/mol. The number of hydrogen-bond acceptors (Lipinski definition) is 4. The minimum Gasteiger partial charge on any atom is -0.316 e. The van der Waals surface area contributed by atoms with E-state index in [-0.39, 0.29) is 0 Å². The highest BCUT2D eigenvalue weighted by atomic mass is 79.9. The molecule has 2 heterocycles. The maximum atomic E-state index is 4.24. The minimum absolute atomic E-state index is 0.856. The Balaban J connectivity index is 2.26. The number of amidine groups is 1. The highest BCUT2D eigenvalue weighted by Gasteiger charge is 2.27. The molecule has 6 heteroatoms. The fraction of sp³-hybridized carbons (Fsp3) is 0.286.